The van der Waals surface area contributed by atoms with Gasteiger partial charge in [-0.05, 0) is 23.3 Å². The normalized spacial score (nSPS) is 13.8. The summed E-state index contributed by atoms with van der Waals surface area (Å²) in [7, 11) is 0. The van der Waals surface area contributed by atoms with Gasteiger partial charge in [0.1, 0.15) is 0 Å². The molecule has 0 aromatic heterocycles. The Kier molecular flexibility index (Phi) is 3.10. The van der Waals surface area contributed by atoms with Gasteiger partial charge in [0.15, 0.2) is 0 Å². The van der Waals surface area contributed by atoms with Gasteiger partial charge < -0.3 is 10.0 Å². The van der Waals surface area contributed by atoms with Gasteiger partial charge in [0.2, 0.25) is 0 Å². The van der Waals surface area contributed by atoms with E-state index in [1.807, 2.05) is 12.1 Å². The number of fused-ring (bicyclic) bond motifs is 1. The van der Waals surface area contributed by atoms with E-state index in [4.69, 9.17) is 0 Å². The molecule has 0 radical (unpaired) electrons. The quantitative estimate of drug-likeness (QED) is 0.918. The lowest BCUT2D eigenvalue weighted by atomic mass is 10.1. The van der Waals surface area contributed by atoms with Crippen molar-refractivity contribution in [2.75, 3.05) is 4.90 Å². The minimum Gasteiger partial charge on any atom is -0.392 e. The molecule has 0 aliphatic carbocycles. The third kappa shape index (κ3) is 2.04. The largest absolute Gasteiger partial charge is 0.392 e. The van der Waals surface area contributed by atoms with Crippen LogP contribution in [0.3, 0.4) is 0 Å². The highest BCUT2D eigenvalue weighted by Crippen LogP contribution is 2.32. The van der Waals surface area contributed by atoms with Gasteiger partial charge in [-0.3, -0.25) is 0 Å². The van der Waals surface area contributed by atoms with Crippen LogP contribution in [0.2, 0.25) is 0 Å². The van der Waals surface area contributed by atoms with E-state index in [0.717, 1.165) is 28.8 Å². The Balaban J connectivity index is 1.97. The second-order valence-corrected chi connectivity index (χ2v) is 5.47. The predicted molar refractivity (Wildman–Crippen MR) is 76.4 cm³/mol. The van der Waals surface area contributed by atoms with Crippen molar-refractivity contribution in [2.24, 2.45) is 0 Å². The Morgan fingerprint density at radius 3 is 2.33 bits per heavy atom. The first-order chi connectivity index (χ1) is 8.78. The molecule has 0 spiro atoms. The maximum atomic E-state index is 9.44. The van der Waals surface area contributed by atoms with E-state index >= 15 is 0 Å². The molecule has 2 nitrogen and oxygen atoms in total. The van der Waals surface area contributed by atoms with E-state index < -0.39 is 0 Å². The van der Waals surface area contributed by atoms with Crippen molar-refractivity contribution in [3.8, 4) is 0 Å². The summed E-state index contributed by atoms with van der Waals surface area (Å²) in [6.07, 6.45) is 0. The van der Waals surface area contributed by atoms with Crippen LogP contribution in [0.1, 0.15) is 16.7 Å². The van der Waals surface area contributed by atoms with Crippen LogP contribution in [0.5, 0.6) is 0 Å². The second kappa shape index (κ2) is 4.75. The SMILES string of the molecule is OCc1ccc(Br)cc1N1Cc2ccccc2C1. The first kappa shape index (κ1) is 11.8. The number of nitrogens with zero attached hydrogens (tertiary/aromatic N) is 1. The van der Waals surface area contributed by atoms with Gasteiger partial charge in [-0.15, -0.1) is 0 Å². The van der Waals surface area contributed by atoms with Crippen molar-refractivity contribution in [3.63, 3.8) is 0 Å². The van der Waals surface area contributed by atoms with Crippen LogP contribution >= 0.6 is 15.9 Å². The minimum absolute atomic E-state index is 0.0788. The summed E-state index contributed by atoms with van der Waals surface area (Å²) in [6.45, 7) is 1.91. The van der Waals surface area contributed by atoms with E-state index in [-0.39, 0.29) is 6.61 Å². The molecular formula is C15H14BrNO. The van der Waals surface area contributed by atoms with Crippen LogP contribution in [-0.4, -0.2) is 5.11 Å². The molecule has 0 atom stereocenters. The van der Waals surface area contributed by atoms with Gasteiger partial charge in [-0.25, -0.2) is 0 Å². The monoisotopic (exact) mass is 303 g/mol. The number of halogens is 1. The predicted octanol–water partition coefficient (Wildman–Crippen LogP) is 3.46. The Morgan fingerprint density at radius 2 is 1.72 bits per heavy atom. The molecule has 0 unspecified atom stereocenters. The number of anilines is 1. The van der Waals surface area contributed by atoms with Crippen LogP contribution < -0.4 is 4.90 Å². The fraction of sp³-hybridized carbons (Fsp3) is 0.200. The maximum Gasteiger partial charge on any atom is 0.0702 e. The van der Waals surface area contributed by atoms with E-state index in [9.17, 15) is 5.11 Å². The summed E-state index contributed by atoms with van der Waals surface area (Å²) in [5.41, 5.74) is 4.84. The topological polar surface area (TPSA) is 23.5 Å². The van der Waals surface area contributed by atoms with E-state index in [0.29, 0.717) is 0 Å². The molecule has 2 aromatic carbocycles. The summed E-state index contributed by atoms with van der Waals surface area (Å²) in [5.74, 6) is 0. The van der Waals surface area contributed by atoms with Crippen molar-refractivity contribution < 1.29 is 5.11 Å². The van der Waals surface area contributed by atoms with Crippen LogP contribution in [0.15, 0.2) is 46.9 Å². The van der Waals surface area contributed by atoms with Gasteiger partial charge in [0.25, 0.3) is 0 Å². The summed E-state index contributed by atoms with van der Waals surface area (Å²) in [6, 6.07) is 14.5. The van der Waals surface area contributed by atoms with Gasteiger partial charge in [-0.2, -0.15) is 0 Å². The van der Waals surface area contributed by atoms with Crippen molar-refractivity contribution >= 4 is 21.6 Å². The lowest BCUT2D eigenvalue weighted by molar-refractivity contribution is 0.282. The molecule has 1 heterocycles. The number of benzene rings is 2. The molecule has 18 heavy (non-hydrogen) atoms. The highest BCUT2D eigenvalue weighted by molar-refractivity contribution is 9.10. The van der Waals surface area contributed by atoms with E-state index in [2.05, 4.69) is 51.2 Å². The van der Waals surface area contributed by atoms with Crippen LogP contribution in [0, 0.1) is 0 Å². The molecule has 0 amide bonds. The van der Waals surface area contributed by atoms with Crippen molar-refractivity contribution in [1.82, 2.24) is 0 Å². The Hall–Kier alpha value is -1.32. The summed E-state index contributed by atoms with van der Waals surface area (Å²) in [4.78, 5) is 2.31. The number of rotatable bonds is 2. The molecule has 2 aromatic rings. The minimum atomic E-state index is 0.0788. The standard InChI is InChI=1S/C15H14BrNO/c16-14-6-5-13(10-18)15(7-14)17-8-11-3-1-2-4-12(11)9-17/h1-7,18H,8-10H2. The smallest absolute Gasteiger partial charge is 0.0702 e. The maximum absolute atomic E-state index is 9.44. The number of aliphatic hydroxyl groups is 1. The number of aliphatic hydroxyl groups excluding tert-OH is 1. The molecule has 0 saturated heterocycles. The zero-order valence-electron chi connectivity index (χ0n) is 9.94. The Morgan fingerprint density at radius 1 is 1.06 bits per heavy atom. The number of hydrogen-bond donors (Lipinski definition) is 1. The first-order valence-electron chi connectivity index (χ1n) is 5.99. The van der Waals surface area contributed by atoms with Crippen molar-refractivity contribution in [2.45, 2.75) is 19.7 Å². The second-order valence-electron chi connectivity index (χ2n) is 4.56. The molecule has 1 N–H and O–H groups in total. The van der Waals surface area contributed by atoms with Gasteiger partial charge in [0.05, 0.1) is 6.61 Å². The van der Waals surface area contributed by atoms with Gasteiger partial charge in [-0.1, -0.05) is 46.3 Å². The molecular weight excluding hydrogens is 290 g/mol. The molecule has 1 aliphatic rings. The number of hydrogen-bond acceptors (Lipinski definition) is 2. The third-order valence-electron chi connectivity index (χ3n) is 3.40. The molecule has 3 rings (SSSR count). The van der Waals surface area contributed by atoms with Crippen molar-refractivity contribution in [3.05, 3.63) is 63.6 Å². The first-order valence-corrected chi connectivity index (χ1v) is 6.78. The molecule has 0 saturated carbocycles. The lowest BCUT2D eigenvalue weighted by Gasteiger charge is -2.21. The Labute approximate surface area is 115 Å². The van der Waals surface area contributed by atoms with Gasteiger partial charge in [0, 0.05) is 28.8 Å². The molecule has 1 aliphatic heterocycles. The summed E-state index contributed by atoms with van der Waals surface area (Å²) >= 11 is 3.50. The molecule has 3 heteroatoms. The fourth-order valence-corrected chi connectivity index (χ4v) is 2.82. The van der Waals surface area contributed by atoms with Crippen molar-refractivity contribution in [1.29, 1.82) is 0 Å². The summed E-state index contributed by atoms with van der Waals surface area (Å²) < 4.78 is 1.05. The average Bonchev–Trinajstić information content (AvgIpc) is 2.82. The summed E-state index contributed by atoms with van der Waals surface area (Å²) in [5, 5.41) is 9.44. The van der Waals surface area contributed by atoms with Crippen LogP contribution in [-0.2, 0) is 19.7 Å². The highest BCUT2D eigenvalue weighted by Gasteiger charge is 2.20. The zero-order valence-corrected chi connectivity index (χ0v) is 11.5. The van der Waals surface area contributed by atoms with Crippen LogP contribution in [0.4, 0.5) is 5.69 Å². The zero-order chi connectivity index (χ0) is 12.5. The molecule has 92 valence electrons. The van der Waals surface area contributed by atoms with Crippen LogP contribution in [0.25, 0.3) is 0 Å². The van der Waals surface area contributed by atoms with E-state index in [1.54, 1.807) is 0 Å². The third-order valence-corrected chi connectivity index (χ3v) is 3.89. The average molecular weight is 304 g/mol. The lowest BCUT2D eigenvalue weighted by Crippen LogP contribution is -2.16. The Bertz CT molecular complexity index is 557. The van der Waals surface area contributed by atoms with Gasteiger partial charge >= 0.3 is 0 Å². The highest BCUT2D eigenvalue weighted by atomic mass is 79.9. The molecule has 0 fully saturated rings. The fourth-order valence-electron chi connectivity index (χ4n) is 2.47. The molecule has 0 bridgehead atoms. The van der Waals surface area contributed by atoms with E-state index in [1.165, 1.54) is 11.1 Å².